The molecule has 2 unspecified atom stereocenters. The number of carbonyl (C=O) groups is 1. The number of hydrogen-bond acceptors (Lipinski definition) is 5. The average molecular weight is 320 g/mol. The van der Waals surface area contributed by atoms with Gasteiger partial charge in [-0.05, 0) is 14.0 Å². The molecule has 0 aromatic heterocycles. The SMILES string of the molecule is COc1c(C)c(OC)c2c(c1OC)C1CN(C)C(=O)CC2N1C. The maximum absolute atomic E-state index is 12.3. The highest BCUT2D eigenvalue weighted by Crippen LogP contribution is 2.56. The predicted molar refractivity (Wildman–Crippen MR) is 86.3 cm³/mol. The molecule has 0 spiro atoms. The van der Waals surface area contributed by atoms with E-state index in [1.165, 1.54) is 0 Å². The molecule has 0 N–H and O–H groups in total. The van der Waals surface area contributed by atoms with Crippen molar-refractivity contribution < 1.29 is 19.0 Å². The van der Waals surface area contributed by atoms with Gasteiger partial charge in [0.1, 0.15) is 5.75 Å². The van der Waals surface area contributed by atoms with Crippen molar-refractivity contribution in [1.82, 2.24) is 9.80 Å². The fraction of sp³-hybridized carbons (Fsp3) is 0.588. The van der Waals surface area contributed by atoms with Crippen LogP contribution in [0.25, 0.3) is 0 Å². The molecule has 1 fully saturated rings. The number of ether oxygens (including phenoxy) is 3. The fourth-order valence-electron chi connectivity index (χ4n) is 3.99. The van der Waals surface area contributed by atoms with Crippen LogP contribution < -0.4 is 14.2 Å². The van der Waals surface area contributed by atoms with Crippen molar-refractivity contribution in [1.29, 1.82) is 0 Å². The molecule has 0 radical (unpaired) electrons. The Hall–Kier alpha value is -1.95. The van der Waals surface area contributed by atoms with Crippen molar-refractivity contribution in [3.8, 4) is 17.2 Å². The quantitative estimate of drug-likeness (QED) is 0.851. The number of amides is 1. The van der Waals surface area contributed by atoms with Gasteiger partial charge in [0.2, 0.25) is 5.91 Å². The molecule has 1 amide bonds. The summed E-state index contributed by atoms with van der Waals surface area (Å²) < 4.78 is 17.0. The van der Waals surface area contributed by atoms with Gasteiger partial charge in [-0.1, -0.05) is 0 Å². The van der Waals surface area contributed by atoms with Gasteiger partial charge in [-0.15, -0.1) is 0 Å². The molecule has 2 aliphatic rings. The van der Waals surface area contributed by atoms with E-state index in [0.717, 1.165) is 28.2 Å². The summed E-state index contributed by atoms with van der Waals surface area (Å²) in [6.45, 7) is 2.59. The largest absolute Gasteiger partial charge is 0.496 e. The molecule has 2 atom stereocenters. The first-order chi connectivity index (χ1) is 11.0. The Labute approximate surface area is 136 Å². The fourth-order valence-corrected chi connectivity index (χ4v) is 3.99. The van der Waals surface area contributed by atoms with Crippen LogP contribution in [0.4, 0.5) is 0 Å². The van der Waals surface area contributed by atoms with Crippen LogP contribution >= 0.6 is 0 Å². The topological polar surface area (TPSA) is 51.2 Å². The lowest BCUT2D eigenvalue weighted by molar-refractivity contribution is -0.129. The molecule has 1 saturated heterocycles. The Kier molecular flexibility index (Phi) is 3.88. The molecule has 3 rings (SSSR count). The summed E-state index contributed by atoms with van der Waals surface area (Å²) in [7, 11) is 8.88. The summed E-state index contributed by atoms with van der Waals surface area (Å²) in [5.74, 6) is 2.42. The van der Waals surface area contributed by atoms with Crippen molar-refractivity contribution in [2.75, 3.05) is 42.0 Å². The van der Waals surface area contributed by atoms with Crippen molar-refractivity contribution in [3.05, 3.63) is 16.7 Å². The zero-order valence-corrected chi connectivity index (χ0v) is 14.6. The van der Waals surface area contributed by atoms with Crippen LogP contribution in [-0.4, -0.2) is 57.7 Å². The normalized spacial score (nSPS) is 23.6. The van der Waals surface area contributed by atoms with Crippen LogP contribution in [0.1, 0.15) is 35.2 Å². The number of fused-ring (bicyclic) bond motifs is 5. The molecule has 1 aromatic rings. The van der Waals surface area contributed by atoms with Gasteiger partial charge in [0.05, 0.1) is 27.4 Å². The first-order valence-electron chi connectivity index (χ1n) is 7.74. The summed E-state index contributed by atoms with van der Waals surface area (Å²) in [4.78, 5) is 16.4. The van der Waals surface area contributed by atoms with Gasteiger partial charge in [0, 0.05) is 42.7 Å². The van der Waals surface area contributed by atoms with E-state index in [2.05, 4.69) is 11.9 Å². The van der Waals surface area contributed by atoms with Crippen molar-refractivity contribution in [2.45, 2.75) is 25.4 Å². The monoisotopic (exact) mass is 320 g/mol. The van der Waals surface area contributed by atoms with E-state index in [9.17, 15) is 4.79 Å². The van der Waals surface area contributed by atoms with Crippen molar-refractivity contribution in [2.24, 2.45) is 0 Å². The van der Waals surface area contributed by atoms with E-state index in [1.54, 1.807) is 26.2 Å². The summed E-state index contributed by atoms with van der Waals surface area (Å²) in [6.07, 6.45) is 0.446. The molecule has 6 heteroatoms. The van der Waals surface area contributed by atoms with Crippen LogP contribution in [0, 0.1) is 6.92 Å². The van der Waals surface area contributed by atoms with Gasteiger partial charge in [-0.2, -0.15) is 0 Å². The van der Waals surface area contributed by atoms with Gasteiger partial charge in [-0.25, -0.2) is 0 Å². The summed E-state index contributed by atoms with van der Waals surface area (Å²) in [5.41, 5.74) is 3.06. The number of rotatable bonds is 3. The van der Waals surface area contributed by atoms with Crippen LogP contribution in [0.5, 0.6) is 17.2 Å². The van der Waals surface area contributed by atoms with Gasteiger partial charge >= 0.3 is 0 Å². The number of carbonyl (C=O) groups excluding carboxylic acids is 1. The molecule has 23 heavy (non-hydrogen) atoms. The maximum atomic E-state index is 12.3. The van der Waals surface area contributed by atoms with Gasteiger partial charge in [0.15, 0.2) is 11.5 Å². The molecule has 1 aromatic carbocycles. The molecule has 126 valence electrons. The summed E-state index contributed by atoms with van der Waals surface area (Å²) in [5, 5.41) is 0. The lowest BCUT2D eigenvalue weighted by atomic mass is 9.92. The van der Waals surface area contributed by atoms with Crippen LogP contribution in [-0.2, 0) is 4.79 Å². The van der Waals surface area contributed by atoms with Crippen LogP contribution in [0.2, 0.25) is 0 Å². The second kappa shape index (κ2) is 5.60. The summed E-state index contributed by atoms with van der Waals surface area (Å²) >= 11 is 0. The third kappa shape index (κ3) is 2.08. The Morgan fingerprint density at radius 3 is 2.04 bits per heavy atom. The lowest BCUT2D eigenvalue weighted by Crippen LogP contribution is -2.31. The number of hydrogen-bond donors (Lipinski definition) is 0. The molecule has 2 bridgehead atoms. The highest BCUT2D eigenvalue weighted by atomic mass is 16.5. The second-order valence-corrected chi connectivity index (χ2v) is 6.23. The van der Waals surface area contributed by atoms with E-state index in [4.69, 9.17) is 14.2 Å². The first kappa shape index (κ1) is 15.9. The lowest BCUT2D eigenvalue weighted by Gasteiger charge is -2.26. The molecular weight excluding hydrogens is 296 g/mol. The van der Waals surface area contributed by atoms with E-state index >= 15 is 0 Å². The van der Waals surface area contributed by atoms with Crippen molar-refractivity contribution in [3.63, 3.8) is 0 Å². The molecular formula is C17H24N2O4. The minimum Gasteiger partial charge on any atom is -0.496 e. The predicted octanol–water partition coefficient (Wildman–Crippen LogP) is 1.91. The van der Waals surface area contributed by atoms with E-state index in [1.807, 2.05) is 14.0 Å². The first-order valence-corrected chi connectivity index (χ1v) is 7.74. The van der Waals surface area contributed by atoms with E-state index < -0.39 is 0 Å². The molecule has 6 nitrogen and oxygen atoms in total. The Morgan fingerprint density at radius 2 is 1.48 bits per heavy atom. The van der Waals surface area contributed by atoms with Crippen molar-refractivity contribution >= 4 is 5.91 Å². The van der Waals surface area contributed by atoms with E-state index in [0.29, 0.717) is 18.7 Å². The average Bonchev–Trinajstić information content (AvgIpc) is 2.72. The number of nitrogens with zero attached hydrogens (tertiary/aromatic N) is 2. The minimum atomic E-state index is 0.000839. The van der Waals surface area contributed by atoms with Gasteiger partial charge in [0.25, 0.3) is 0 Å². The highest BCUT2D eigenvalue weighted by molar-refractivity contribution is 5.79. The number of methoxy groups -OCH3 is 3. The van der Waals surface area contributed by atoms with Crippen LogP contribution in [0.3, 0.4) is 0 Å². The van der Waals surface area contributed by atoms with Gasteiger partial charge in [-0.3, -0.25) is 9.69 Å². The molecule has 2 heterocycles. The number of benzene rings is 1. The Balaban J connectivity index is 2.32. The smallest absolute Gasteiger partial charge is 0.224 e. The Bertz CT molecular complexity index is 659. The standard InChI is InChI=1S/C17H24N2O4/c1-9-15(21-4)13-10-7-12(20)18(2)8-11(19(10)3)14(13)17(23-6)16(9)22-5/h10-11H,7-8H2,1-6H3. The minimum absolute atomic E-state index is 0.000839. The Morgan fingerprint density at radius 1 is 0.913 bits per heavy atom. The molecule has 0 saturated carbocycles. The number of likely N-dealkylation sites (N-methyl/N-ethyl adjacent to an activating group) is 2. The van der Waals surface area contributed by atoms with Gasteiger partial charge < -0.3 is 19.1 Å². The summed E-state index contributed by atoms with van der Waals surface area (Å²) in [6, 6.07) is 0.0747. The van der Waals surface area contributed by atoms with E-state index in [-0.39, 0.29) is 18.0 Å². The molecule has 0 aliphatic carbocycles. The second-order valence-electron chi connectivity index (χ2n) is 6.23. The third-order valence-electron chi connectivity index (χ3n) is 5.17. The zero-order chi connectivity index (χ0) is 16.9. The highest BCUT2D eigenvalue weighted by Gasteiger charge is 2.46. The van der Waals surface area contributed by atoms with Crippen LogP contribution in [0.15, 0.2) is 0 Å². The molecule has 2 aliphatic heterocycles. The third-order valence-corrected chi connectivity index (χ3v) is 5.17. The zero-order valence-electron chi connectivity index (χ0n) is 14.6. The maximum Gasteiger partial charge on any atom is 0.224 e.